The second-order valence-corrected chi connectivity index (χ2v) is 1.63. The Labute approximate surface area is 56.5 Å². The van der Waals surface area contributed by atoms with Crippen LogP contribution in [-0.4, -0.2) is 21.4 Å². The van der Waals surface area contributed by atoms with Crippen LogP contribution >= 0.6 is 0 Å². The fourth-order valence-electron chi connectivity index (χ4n) is 0.489. The highest BCUT2D eigenvalue weighted by Gasteiger charge is 1.99. The molecule has 0 radical (unpaired) electrons. The van der Waals surface area contributed by atoms with Crippen LogP contribution in [-0.2, 0) is 0 Å². The van der Waals surface area contributed by atoms with E-state index in [9.17, 15) is 4.79 Å². The van der Waals surface area contributed by atoms with Crippen molar-refractivity contribution in [3.8, 4) is 6.01 Å². The zero-order chi connectivity index (χ0) is 7.56. The number of hydrogen-bond acceptors (Lipinski definition) is 5. The summed E-state index contributed by atoms with van der Waals surface area (Å²) >= 11 is 0. The SMILES string of the molecule is Nc1cnc(O)nc1C=O. The number of aromatic hydroxyl groups is 1. The van der Waals surface area contributed by atoms with E-state index in [1.807, 2.05) is 0 Å². The molecule has 0 saturated heterocycles. The second kappa shape index (κ2) is 2.30. The van der Waals surface area contributed by atoms with Gasteiger partial charge in [0.2, 0.25) is 0 Å². The number of carbonyl (C=O) groups excluding carboxylic acids is 1. The van der Waals surface area contributed by atoms with E-state index in [0.29, 0.717) is 6.29 Å². The van der Waals surface area contributed by atoms with Crippen LogP contribution in [0.3, 0.4) is 0 Å². The minimum absolute atomic E-state index is 0.00694. The molecule has 0 atom stereocenters. The van der Waals surface area contributed by atoms with Gasteiger partial charge >= 0.3 is 6.01 Å². The van der Waals surface area contributed by atoms with Gasteiger partial charge in [-0.2, -0.15) is 4.98 Å². The molecule has 0 aliphatic heterocycles. The molecule has 0 aliphatic carbocycles. The molecule has 10 heavy (non-hydrogen) atoms. The van der Waals surface area contributed by atoms with E-state index in [2.05, 4.69) is 9.97 Å². The lowest BCUT2D eigenvalue weighted by Gasteiger charge is -1.94. The van der Waals surface area contributed by atoms with Crippen molar-refractivity contribution in [2.24, 2.45) is 0 Å². The van der Waals surface area contributed by atoms with Gasteiger partial charge in [0, 0.05) is 0 Å². The summed E-state index contributed by atoms with van der Waals surface area (Å²) in [6.45, 7) is 0. The summed E-state index contributed by atoms with van der Waals surface area (Å²) in [4.78, 5) is 16.8. The van der Waals surface area contributed by atoms with Crippen molar-refractivity contribution < 1.29 is 9.90 Å². The monoisotopic (exact) mass is 139 g/mol. The topological polar surface area (TPSA) is 89.1 Å². The van der Waals surface area contributed by atoms with Gasteiger partial charge in [0.1, 0.15) is 5.69 Å². The Morgan fingerprint density at radius 2 is 2.40 bits per heavy atom. The molecule has 0 unspecified atom stereocenters. The van der Waals surface area contributed by atoms with Gasteiger partial charge in [0.15, 0.2) is 6.29 Å². The third-order valence-electron chi connectivity index (χ3n) is 0.947. The lowest BCUT2D eigenvalue weighted by molar-refractivity contribution is 0.111. The average Bonchev–Trinajstić information content (AvgIpc) is 1.94. The van der Waals surface area contributed by atoms with Gasteiger partial charge in [0.25, 0.3) is 0 Å². The zero-order valence-electron chi connectivity index (χ0n) is 4.98. The van der Waals surface area contributed by atoms with Gasteiger partial charge in [-0.15, -0.1) is 0 Å². The Balaban J connectivity index is 3.21. The van der Waals surface area contributed by atoms with Crippen LogP contribution in [0.15, 0.2) is 6.20 Å². The molecule has 1 rings (SSSR count). The molecule has 5 nitrogen and oxygen atoms in total. The van der Waals surface area contributed by atoms with E-state index in [0.717, 1.165) is 0 Å². The van der Waals surface area contributed by atoms with Gasteiger partial charge in [-0.25, -0.2) is 4.98 Å². The van der Waals surface area contributed by atoms with Crippen LogP contribution in [0, 0.1) is 0 Å². The lowest BCUT2D eigenvalue weighted by atomic mass is 10.4. The van der Waals surface area contributed by atoms with E-state index in [1.165, 1.54) is 6.20 Å². The van der Waals surface area contributed by atoms with Gasteiger partial charge in [-0.1, -0.05) is 0 Å². The summed E-state index contributed by atoms with van der Waals surface area (Å²) in [5, 5.41) is 8.63. The van der Waals surface area contributed by atoms with Crippen LogP contribution in [0.1, 0.15) is 10.5 Å². The first-order valence-corrected chi connectivity index (χ1v) is 2.50. The average molecular weight is 139 g/mol. The third kappa shape index (κ3) is 1.02. The van der Waals surface area contributed by atoms with E-state index < -0.39 is 6.01 Å². The highest BCUT2D eigenvalue weighted by atomic mass is 16.3. The van der Waals surface area contributed by atoms with Gasteiger partial charge in [-0.05, 0) is 0 Å². The first-order chi connectivity index (χ1) is 4.74. The Kier molecular flexibility index (Phi) is 1.49. The number of hydrogen-bond donors (Lipinski definition) is 2. The Hall–Kier alpha value is -1.65. The Morgan fingerprint density at radius 1 is 1.70 bits per heavy atom. The smallest absolute Gasteiger partial charge is 0.314 e. The van der Waals surface area contributed by atoms with Crippen LogP contribution < -0.4 is 5.73 Å². The van der Waals surface area contributed by atoms with E-state index in [-0.39, 0.29) is 11.4 Å². The fourth-order valence-corrected chi connectivity index (χ4v) is 0.489. The summed E-state index contributed by atoms with van der Waals surface area (Å²) in [7, 11) is 0. The van der Waals surface area contributed by atoms with Crippen molar-refractivity contribution in [2.45, 2.75) is 0 Å². The highest BCUT2D eigenvalue weighted by Crippen LogP contribution is 2.06. The van der Waals surface area contributed by atoms with Crippen molar-refractivity contribution in [1.82, 2.24) is 9.97 Å². The number of aldehydes is 1. The number of rotatable bonds is 1. The van der Waals surface area contributed by atoms with Gasteiger partial charge in [0.05, 0.1) is 11.9 Å². The summed E-state index contributed by atoms with van der Waals surface area (Å²) < 4.78 is 0. The fraction of sp³-hybridized carbons (Fsp3) is 0. The molecule has 1 heterocycles. The number of nitrogens with two attached hydrogens (primary N) is 1. The third-order valence-corrected chi connectivity index (χ3v) is 0.947. The van der Waals surface area contributed by atoms with Crippen LogP contribution in [0.2, 0.25) is 0 Å². The first kappa shape index (κ1) is 6.47. The molecule has 3 N–H and O–H groups in total. The first-order valence-electron chi connectivity index (χ1n) is 2.50. The maximum atomic E-state index is 10.1. The van der Waals surface area contributed by atoms with E-state index >= 15 is 0 Å². The number of aromatic nitrogens is 2. The molecule has 1 aromatic heterocycles. The standard InChI is InChI=1S/C5H5N3O2/c6-3-1-7-5(10)8-4(3)2-9/h1-2H,6H2,(H,7,8,10). The molecule has 0 saturated carbocycles. The number of anilines is 1. The summed E-state index contributed by atoms with van der Waals surface area (Å²) in [6.07, 6.45) is 1.63. The normalized spacial score (nSPS) is 9.20. The van der Waals surface area contributed by atoms with Crippen LogP contribution in [0.5, 0.6) is 6.01 Å². The predicted octanol–water partition coefficient (Wildman–Crippen LogP) is -0.423. The molecule has 0 fully saturated rings. The molecule has 0 aromatic carbocycles. The van der Waals surface area contributed by atoms with E-state index in [4.69, 9.17) is 10.8 Å². The molecule has 5 heteroatoms. The summed E-state index contributed by atoms with van der Waals surface area (Å²) in [5.41, 5.74) is 5.40. The van der Waals surface area contributed by atoms with Crippen molar-refractivity contribution in [3.63, 3.8) is 0 Å². The van der Waals surface area contributed by atoms with Crippen molar-refractivity contribution in [1.29, 1.82) is 0 Å². The minimum atomic E-state index is -0.448. The zero-order valence-corrected chi connectivity index (χ0v) is 4.98. The molecule has 52 valence electrons. The lowest BCUT2D eigenvalue weighted by Crippen LogP contribution is -1.97. The largest absolute Gasteiger partial charge is 0.479 e. The molecule has 0 amide bonds. The maximum absolute atomic E-state index is 10.1. The highest BCUT2D eigenvalue weighted by molar-refractivity contribution is 5.79. The quantitative estimate of drug-likeness (QED) is 0.515. The second-order valence-electron chi connectivity index (χ2n) is 1.63. The van der Waals surface area contributed by atoms with Crippen molar-refractivity contribution in [2.75, 3.05) is 5.73 Å². The van der Waals surface area contributed by atoms with Crippen LogP contribution in [0.25, 0.3) is 0 Å². The molecular formula is C5H5N3O2. The predicted molar refractivity (Wildman–Crippen MR) is 33.5 cm³/mol. The molecule has 0 bridgehead atoms. The maximum Gasteiger partial charge on any atom is 0.314 e. The van der Waals surface area contributed by atoms with E-state index in [1.54, 1.807) is 0 Å². The Morgan fingerprint density at radius 3 is 2.90 bits per heavy atom. The number of carbonyl (C=O) groups is 1. The molecule has 0 spiro atoms. The summed E-state index contributed by atoms with van der Waals surface area (Å²) in [6, 6.07) is -0.448. The van der Waals surface area contributed by atoms with Gasteiger partial charge < -0.3 is 10.8 Å². The van der Waals surface area contributed by atoms with Crippen molar-refractivity contribution in [3.05, 3.63) is 11.9 Å². The van der Waals surface area contributed by atoms with Gasteiger partial charge in [-0.3, -0.25) is 4.79 Å². The minimum Gasteiger partial charge on any atom is -0.479 e. The Bertz CT molecular complexity index is 261. The molecular weight excluding hydrogens is 134 g/mol. The van der Waals surface area contributed by atoms with Crippen LogP contribution in [0.4, 0.5) is 5.69 Å². The number of nitrogen functional groups attached to an aromatic ring is 1. The molecule has 0 aliphatic rings. The number of nitrogens with zero attached hydrogens (tertiary/aromatic N) is 2. The summed E-state index contributed by atoms with van der Waals surface area (Å²) in [5.74, 6) is 0. The van der Waals surface area contributed by atoms with Crippen molar-refractivity contribution >= 4 is 12.0 Å². The molecule has 1 aromatic rings.